The lowest BCUT2D eigenvalue weighted by Crippen LogP contribution is -2.34. The van der Waals surface area contributed by atoms with E-state index < -0.39 is 17.7 Å². The zero-order valence-electron chi connectivity index (χ0n) is 18.3. The van der Waals surface area contributed by atoms with E-state index in [0.717, 1.165) is 10.8 Å². The third kappa shape index (κ3) is 4.34. The summed E-state index contributed by atoms with van der Waals surface area (Å²) in [5.74, 6) is -1.34. The number of aromatic nitrogens is 3. The zero-order chi connectivity index (χ0) is 23.7. The Morgan fingerprint density at radius 3 is 2.64 bits per heavy atom. The van der Waals surface area contributed by atoms with Crippen molar-refractivity contribution in [2.24, 2.45) is 0 Å². The van der Waals surface area contributed by atoms with Crippen molar-refractivity contribution in [1.82, 2.24) is 15.1 Å². The van der Waals surface area contributed by atoms with Crippen molar-refractivity contribution in [1.29, 1.82) is 0 Å². The number of nitrogens with one attached hydrogen (secondary N) is 1. The van der Waals surface area contributed by atoms with Gasteiger partial charge in [0.1, 0.15) is 17.4 Å². The minimum atomic E-state index is -0.699. The van der Waals surface area contributed by atoms with Crippen LogP contribution in [-0.4, -0.2) is 39.9 Å². The van der Waals surface area contributed by atoms with Crippen molar-refractivity contribution in [3.63, 3.8) is 0 Å². The number of nitrogens with zero attached hydrogens (tertiary/aromatic N) is 3. The number of halogens is 2. The summed E-state index contributed by atoms with van der Waals surface area (Å²) < 4.78 is 34.1. The molecule has 2 N–H and O–H groups in total. The number of fused-ring (bicyclic) bond motifs is 1. The highest BCUT2D eigenvalue weighted by Gasteiger charge is 2.25. The number of carbonyl (C=O) groups excluding carboxylic acids is 1. The summed E-state index contributed by atoms with van der Waals surface area (Å²) in [6.45, 7) is 3.93. The Labute approximate surface area is 188 Å². The maximum absolute atomic E-state index is 13.7. The van der Waals surface area contributed by atoms with Gasteiger partial charge in [-0.05, 0) is 49.7 Å². The molecule has 9 heteroatoms. The van der Waals surface area contributed by atoms with Crippen LogP contribution in [0.25, 0.3) is 22.0 Å². The van der Waals surface area contributed by atoms with Crippen LogP contribution in [0, 0.1) is 11.6 Å². The molecule has 1 amide bonds. The third-order valence-electron chi connectivity index (χ3n) is 5.55. The summed E-state index contributed by atoms with van der Waals surface area (Å²) >= 11 is 0. The molecule has 0 saturated carbocycles. The predicted octanol–water partition coefficient (Wildman–Crippen LogP) is 4.26. The van der Waals surface area contributed by atoms with Crippen molar-refractivity contribution in [3.05, 3.63) is 77.8 Å². The molecule has 0 spiro atoms. The number of carbonyl (C=O) groups is 1. The lowest BCUT2D eigenvalue weighted by Gasteiger charge is -2.25. The Balaban J connectivity index is 1.68. The molecule has 4 rings (SSSR count). The number of H-pyrrole nitrogens is 1. The summed E-state index contributed by atoms with van der Waals surface area (Å²) in [7, 11) is 1.65. The van der Waals surface area contributed by atoms with Gasteiger partial charge in [-0.15, -0.1) is 0 Å². The molecule has 0 saturated heterocycles. The zero-order valence-corrected chi connectivity index (χ0v) is 18.3. The van der Waals surface area contributed by atoms with Crippen molar-refractivity contribution >= 4 is 16.8 Å². The number of rotatable bonds is 6. The van der Waals surface area contributed by atoms with Crippen LogP contribution in [0.4, 0.5) is 8.78 Å². The van der Waals surface area contributed by atoms with Crippen molar-refractivity contribution in [2.75, 3.05) is 13.7 Å². The molecular weight excluding hydrogens is 430 g/mol. The second kappa shape index (κ2) is 8.85. The molecule has 0 radical (unpaired) electrons. The van der Waals surface area contributed by atoms with Gasteiger partial charge in [0.2, 0.25) is 12.4 Å². The van der Waals surface area contributed by atoms with Crippen LogP contribution in [-0.2, 0) is 0 Å². The predicted molar refractivity (Wildman–Crippen MR) is 117 cm³/mol. The Kier molecular flexibility index (Phi) is 5.95. The second-order valence-corrected chi connectivity index (χ2v) is 7.69. The van der Waals surface area contributed by atoms with Crippen LogP contribution in [0.15, 0.2) is 55.0 Å². The number of amides is 1. The van der Waals surface area contributed by atoms with Gasteiger partial charge >= 0.3 is 0 Å². The van der Waals surface area contributed by atoms with E-state index in [1.165, 1.54) is 29.4 Å². The molecule has 0 aliphatic carbocycles. The van der Waals surface area contributed by atoms with Gasteiger partial charge in [0, 0.05) is 29.0 Å². The Hall–Kier alpha value is -4.01. The standard InChI is InChI=1S/C24H22F2N4O3/c1-4-33-22-9-15(5-6-20(22)16-7-18(25)10-19(26)8-16)24(31)29(3)14(2)21-13-30(32)12-17-11-27-28-23(17)21/h5-14,32H,4H2,1-3H3/p+1/t14-/m0/s1. The number of hydrogen-bond donors (Lipinski definition) is 2. The van der Waals surface area contributed by atoms with Crippen LogP contribution in [0.1, 0.15) is 35.8 Å². The number of aromatic amines is 1. The van der Waals surface area contributed by atoms with E-state index >= 15 is 0 Å². The van der Waals surface area contributed by atoms with Gasteiger partial charge < -0.3 is 9.64 Å². The van der Waals surface area contributed by atoms with Gasteiger partial charge in [0.05, 0.1) is 35.3 Å². The molecule has 0 aliphatic heterocycles. The second-order valence-electron chi connectivity index (χ2n) is 7.69. The average Bonchev–Trinajstić information content (AvgIpc) is 3.25. The molecule has 170 valence electrons. The maximum atomic E-state index is 13.7. The van der Waals surface area contributed by atoms with Gasteiger partial charge in [-0.25, -0.2) is 8.78 Å². The first kappa shape index (κ1) is 22.2. The fraction of sp³-hybridized carbons (Fsp3) is 0.208. The third-order valence-corrected chi connectivity index (χ3v) is 5.55. The van der Waals surface area contributed by atoms with E-state index in [-0.39, 0.29) is 5.91 Å². The van der Waals surface area contributed by atoms with E-state index in [1.54, 1.807) is 38.4 Å². The number of benzene rings is 2. The van der Waals surface area contributed by atoms with Crippen molar-refractivity contribution in [3.8, 4) is 16.9 Å². The molecule has 4 aromatic rings. The van der Waals surface area contributed by atoms with Crippen LogP contribution in [0.3, 0.4) is 0 Å². The SMILES string of the molecule is CCOc1cc(C(=O)N(C)[C@@H](C)c2c[n+](O)cc3cn[nH]c23)ccc1-c1cc(F)cc(F)c1. The van der Waals surface area contributed by atoms with E-state index in [2.05, 4.69) is 10.2 Å². The first-order valence-corrected chi connectivity index (χ1v) is 10.4. The smallest absolute Gasteiger partial charge is 0.254 e. The van der Waals surface area contributed by atoms with E-state index in [0.29, 0.717) is 45.5 Å². The molecular formula is C24H23F2N4O3+. The molecule has 0 bridgehead atoms. The molecule has 0 unspecified atom stereocenters. The maximum Gasteiger partial charge on any atom is 0.254 e. The molecule has 0 fully saturated rings. The highest BCUT2D eigenvalue weighted by Crippen LogP contribution is 2.33. The first-order valence-electron chi connectivity index (χ1n) is 10.4. The molecule has 2 heterocycles. The summed E-state index contributed by atoms with van der Waals surface area (Å²) in [5.41, 5.74) is 2.54. The highest BCUT2D eigenvalue weighted by molar-refractivity contribution is 5.96. The number of pyridine rings is 1. The molecule has 1 atom stereocenters. The van der Waals surface area contributed by atoms with Crippen LogP contribution in [0.5, 0.6) is 5.75 Å². The highest BCUT2D eigenvalue weighted by atomic mass is 19.1. The van der Waals surface area contributed by atoms with Gasteiger partial charge in [-0.3, -0.25) is 15.1 Å². The van der Waals surface area contributed by atoms with E-state index in [4.69, 9.17) is 4.74 Å². The van der Waals surface area contributed by atoms with Gasteiger partial charge in [-0.1, -0.05) is 0 Å². The molecule has 2 aromatic carbocycles. The molecule has 33 heavy (non-hydrogen) atoms. The van der Waals surface area contributed by atoms with Crippen molar-refractivity contribution in [2.45, 2.75) is 19.9 Å². The quantitative estimate of drug-likeness (QED) is 0.338. The summed E-state index contributed by atoms with van der Waals surface area (Å²) in [5, 5.41) is 17.6. The van der Waals surface area contributed by atoms with Gasteiger partial charge in [0.25, 0.3) is 5.91 Å². The van der Waals surface area contributed by atoms with Crippen LogP contribution >= 0.6 is 0 Å². The number of hydrogen-bond acceptors (Lipinski definition) is 4. The summed E-state index contributed by atoms with van der Waals surface area (Å²) in [6, 6.07) is 7.59. The summed E-state index contributed by atoms with van der Waals surface area (Å²) in [6.07, 6.45) is 4.61. The fourth-order valence-corrected chi connectivity index (χ4v) is 3.79. The van der Waals surface area contributed by atoms with Gasteiger partial charge in [-0.2, -0.15) is 5.10 Å². The lowest BCUT2D eigenvalue weighted by atomic mass is 10.0. The first-order chi connectivity index (χ1) is 15.8. The fourth-order valence-electron chi connectivity index (χ4n) is 3.79. The molecule has 2 aromatic heterocycles. The minimum absolute atomic E-state index is 0.290. The Morgan fingerprint density at radius 1 is 1.21 bits per heavy atom. The van der Waals surface area contributed by atoms with Crippen LogP contribution in [0.2, 0.25) is 0 Å². The topological polar surface area (TPSA) is 82.3 Å². The lowest BCUT2D eigenvalue weighted by molar-refractivity contribution is -0.904. The monoisotopic (exact) mass is 453 g/mol. The summed E-state index contributed by atoms with van der Waals surface area (Å²) in [4.78, 5) is 14.8. The largest absolute Gasteiger partial charge is 0.493 e. The normalized spacial score (nSPS) is 12.0. The van der Waals surface area contributed by atoms with E-state index in [9.17, 15) is 18.8 Å². The van der Waals surface area contributed by atoms with E-state index in [1.807, 2.05) is 6.92 Å². The van der Waals surface area contributed by atoms with Gasteiger partial charge in [0.15, 0.2) is 0 Å². The molecule has 0 aliphatic rings. The van der Waals surface area contributed by atoms with Crippen molar-refractivity contribution < 1.29 is 28.2 Å². The van der Waals surface area contributed by atoms with Crippen LogP contribution < -0.4 is 9.47 Å². The number of ether oxygens (including phenoxy) is 1. The Morgan fingerprint density at radius 2 is 1.94 bits per heavy atom. The minimum Gasteiger partial charge on any atom is -0.493 e. The average molecular weight is 453 g/mol. The molecule has 7 nitrogen and oxygen atoms in total. The Bertz CT molecular complexity index is 1320.